The van der Waals surface area contributed by atoms with Crippen LogP contribution in [0.1, 0.15) is 12.8 Å². The fraction of sp³-hybridized carbons (Fsp3) is 0.357. The molecule has 1 atom stereocenters. The fourth-order valence-corrected chi connectivity index (χ4v) is 2.44. The number of nitrogens with one attached hydrogen (secondary N) is 3. The number of nitrogens with zero attached hydrogens (tertiary/aromatic N) is 1. The summed E-state index contributed by atoms with van der Waals surface area (Å²) in [7, 11) is 0. The van der Waals surface area contributed by atoms with Crippen molar-refractivity contribution in [2.24, 2.45) is 0 Å². The average molecular weight is 258 g/mol. The molecule has 0 saturated carbocycles. The molecule has 2 heterocycles. The third-order valence-corrected chi connectivity index (χ3v) is 3.51. The molecular formula is C14H18N4O. The van der Waals surface area contributed by atoms with Crippen molar-refractivity contribution in [2.75, 3.05) is 18.4 Å². The van der Waals surface area contributed by atoms with Crippen LogP contribution in [-0.4, -0.2) is 28.7 Å². The van der Waals surface area contributed by atoms with Crippen molar-refractivity contribution in [1.82, 2.24) is 14.9 Å². The van der Waals surface area contributed by atoms with Gasteiger partial charge >= 0.3 is 5.69 Å². The first-order valence-corrected chi connectivity index (χ1v) is 6.67. The van der Waals surface area contributed by atoms with E-state index in [0.29, 0.717) is 6.04 Å². The van der Waals surface area contributed by atoms with Gasteiger partial charge < -0.3 is 15.6 Å². The van der Waals surface area contributed by atoms with E-state index in [4.69, 9.17) is 0 Å². The van der Waals surface area contributed by atoms with Gasteiger partial charge in [0.1, 0.15) is 0 Å². The van der Waals surface area contributed by atoms with Gasteiger partial charge in [-0.15, -0.1) is 0 Å². The molecular weight excluding hydrogens is 240 g/mol. The minimum absolute atomic E-state index is 0.115. The second kappa shape index (κ2) is 5.32. The molecule has 1 aromatic heterocycles. The predicted octanol–water partition coefficient (Wildman–Crippen LogP) is 1.33. The molecule has 100 valence electrons. The SMILES string of the molecule is O=c1[nH]ccn1-c1ccc(NCC2CCCN2)cc1. The normalized spacial score (nSPS) is 18.6. The van der Waals surface area contributed by atoms with Crippen molar-refractivity contribution < 1.29 is 0 Å². The number of hydrogen-bond acceptors (Lipinski definition) is 3. The zero-order valence-electron chi connectivity index (χ0n) is 10.7. The molecule has 1 aliphatic heterocycles. The number of hydrogen-bond donors (Lipinski definition) is 3. The predicted molar refractivity (Wildman–Crippen MR) is 75.9 cm³/mol. The third-order valence-electron chi connectivity index (χ3n) is 3.51. The van der Waals surface area contributed by atoms with E-state index in [-0.39, 0.29) is 5.69 Å². The lowest BCUT2D eigenvalue weighted by molar-refractivity contribution is 0.633. The summed E-state index contributed by atoms with van der Waals surface area (Å²) in [6.07, 6.45) is 5.87. The maximum absolute atomic E-state index is 11.5. The van der Waals surface area contributed by atoms with Crippen LogP contribution in [0, 0.1) is 0 Å². The topological polar surface area (TPSA) is 61.9 Å². The van der Waals surface area contributed by atoms with E-state index >= 15 is 0 Å². The standard InChI is InChI=1S/C14H18N4O/c19-14-16-8-9-18(14)13-5-3-11(4-6-13)17-10-12-2-1-7-15-12/h3-6,8-9,12,15,17H,1-2,7,10H2,(H,16,19). The van der Waals surface area contributed by atoms with Gasteiger partial charge in [-0.05, 0) is 43.7 Å². The molecule has 1 aliphatic rings. The van der Waals surface area contributed by atoms with Gasteiger partial charge in [-0.25, -0.2) is 4.79 Å². The lowest BCUT2D eigenvalue weighted by atomic mass is 10.2. The minimum atomic E-state index is -0.115. The Hall–Kier alpha value is -2.01. The Balaban J connectivity index is 1.65. The maximum atomic E-state index is 11.5. The highest BCUT2D eigenvalue weighted by Gasteiger charge is 2.12. The van der Waals surface area contributed by atoms with Gasteiger partial charge in [-0.1, -0.05) is 0 Å². The molecule has 1 aromatic carbocycles. The van der Waals surface area contributed by atoms with Gasteiger partial charge in [0.25, 0.3) is 0 Å². The van der Waals surface area contributed by atoms with Gasteiger partial charge in [-0.3, -0.25) is 4.57 Å². The largest absolute Gasteiger partial charge is 0.383 e. The highest BCUT2D eigenvalue weighted by molar-refractivity contribution is 5.48. The van der Waals surface area contributed by atoms with Gasteiger partial charge in [0, 0.05) is 30.7 Å². The Morgan fingerprint density at radius 3 is 2.79 bits per heavy atom. The number of rotatable bonds is 4. The van der Waals surface area contributed by atoms with Crippen molar-refractivity contribution >= 4 is 5.69 Å². The van der Waals surface area contributed by atoms with Crippen LogP contribution in [0.4, 0.5) is 5.69 Å². The van der Waals surface area contributed by atoms with Crippen LogP contribution in [0.3, 0.4) is 0 Å². The van der Waals surface area contributed by atoms with E-state index in [1.165, 1.54) is 12.8 Å². The van der Waals surface area contributed by atoms with E-state index < -0.39 is 0 Å². The van der Waals surface area contributed by atoms with Crippen molar-refractivity contribution in [3.05, 3.63) is 47.1 Å². The Kier molecular flexibility index (Phi) is 3.37. The quantitative estimate of drug-likeness (QED) is 0.775. The van der Waals surface area contributed by atoms with Crippen LogP contribution in [0.2, 0.25) is 0 Å². The number of H-pyrrole nitrogens is 1. The molecule has 3 N–H and O–H groups in total. The molecule has 5 heteroatoms. The number of aromatic amines is 1. The zero-order valence-corrected chi connectivity index (χ0v) is 10.7. The Labute approximate surface area is 111 Å². The van der Waals surface area contributed by atoms with Crippen molar-refractivity contribution in [3.63, 3.8) is 0 Å². The zero-order chi connectivity index (χ0) is 13.1. The summed E-state index contributed by atoms with van der Waals surface area (Å²) in [6, 6.07) is 8.47. The summed E-state index contributed by atoms with van der Waals surface area (Å²) in [6.45, 7) is 2.07. The average Bonchev–Trinajstić information content (AvgIpc) is 3.08. The molecule has 2 aromatic rings. The third kappa shape index (κ3) is 2.71. The molecule has 1 fully saturated rings. The molecule has 1 saturated heterocycles. The first kappa shape index (κ1) is 12.0. The summed E-state index contributed by atoms with van der Waals surface area (Å²) in [5.74, 6) is 0. The van der Waals surface area contributed by atoms with Crippen LogP contribution >= 0.6 is 0 Å². The second-order valence-electron chi connectivity index (χ2n) is 4.86. The lowest BCUT2D eigenvalue weighted by Gasteiger charge is -2.12. The molecule has 19 heavy (non-hydrogen) atoms. The lowest BCUT2D eigenvalue weighted by Crippen LogP contribution is -2.29. The van der Waals surface area contributed by atoms with E-state index in [1.54, 1.807) is 17.0 Å². The maximum Gasteiger partial charge on any atom is 0.330 e. The summed E-state index contributed by atoms with van der Waals surface area (Å²) in [5.41, 5.74) is 1.84. The minimum Gasteiger partial charge on any atom is -0.383 e. The summed E-state index contributed by atoms with van der Waals surface area (Å²) in [5, 5.41) is 6.87. The van der Waals surface area contributed by atoms with Gasteiger partial charge in [0.2, 0.25) is 0 Å². The van der Waals surface area contributed by atoms with Crippen LogP contribution in [0.25, 0.3) is 5.69 Å². The molecule has 0 amide bonds. The van der Waals surface area contributed by atoms with E-state index in [2.05, 4.69) is 15.6 Å². The molecule has 0 bridgehead atoms. The highest BCUT2D eigenvalue weighted by atomic mass is 16.1. The van der Waals surface area contributed by atoms with Crippen molar-refractivity contribution in [3.8, 4) is 5.69 Å². The van der Waals surface area contributed by atoms with E-state index in [9.17, 15) is 4.79 Å². The first-order valence-electron chi connectivity index (χ1n) is 6.67. The molecule has 3 rings (SSSR count). The first-order chi connectivity index (χ1) is 9.33. The summed E-state index contributed by atoms with van der Waals surface area (Å²) < 4.78 is 1.59. The monoisotopic (exact) mass is 258 g/mol. The van der Waals surface area contributed by atoms with Gasteiger partial charge in [0.15, 0.2) is 0 Å². The second-order valence-corrected chi connectivity index (χ2v) is 4.86. The highest BCUT2D eigenvalue weighted by Crippen LogP contribution is 2.13. The summed E-state index contributed by atoms with van der Waals surface area (Å²) >= 11 is 0. The van der Waals surface area contributed by atoms with Crippen LogP contribution < -0.4 is 16.3 Å². The number of imidazole rings is 1. The van der Waals surface area contributed by atoms with E-state index in [0.717, 1.165) is 24.5 Å². The van der Waals surface area contributed by atoms with Gasteiger partial charge in [-0.2, -0.15) is 0 Å². The van der Waals surface area contributed by atoms with Crippen molar-refractivity contribution in [1.29, 1.82) is 0 Å². The van der Waals surface area contributed by atoms with E-state index in [1.807, 2.05) is 24.3 Å². The molecule has 0 aliphatic carbocycles. The smallest absolute Gasteiger partial charge is 0.330 e. The summed E-state index contributed by atoms with van der Waals surface area (Å²) in [4.78, 5) is 14.1. The van der Waals surface area contributed by atoms with Crippen LogP contribution in [-0.2, 0) is 0 Å². The molecule has 1 unspecified atom stereocenters. The number of benzene rings is 1. The van der Waals surface area contributed by atoms with Gasteiger partial charge in [0.05, 0.1) is 5.69 Å². The van der Waals surface area contributed by atoms with Crippen LogP contribution in [0.15, 0.2) is 41.5 Å². The molecule has 0 radical (unpaired) electrons. The Morgan fingerprint density at radius 1 is 1.32 bits per heavy atom. The molecule has 0 spiro atoms. The fourth-order valence-electron chi connectivity index (χ4n) is 2.44. The molecule has 5 nitrogen and oxygen atoms in total. The Bertz CT molecular complexity index is 578. The van der Waals surface area contributed by atoms with Crippen molar-refractivity contribution in [2.45, 2.75) is 18.9 Å². The number of aromatic nitrogens is 2. The van der Waals surface area contributed by atoms with Crippen LogP contribution in [0.5, 0.6) is 0 Å². The Morgan fingerprint density at radius 2 is 2.16 bits per heavy atom. The number of anilines is 1.